The first-order chi connectivity index (χ1) is 21.8. The molecule has 0 spiro atoms. The van der Waals surface area contributed by atoms with Gasteiger partial charge in [-0.2, -0.15) is 0 Å². The van der Waals surface area contributed by atoms with Crippen molar-refractivity contribution < 1.29 is 13.3 Å². The SMILES string of the molecule is c1ccc(N(c2cccc(-c3nc4c5cccc6oc7cccc(c4o3)c7c65)c2)c2ccc3oc4ccccc4c3c2)cc1. The van der Waals surface area contributed by atoms with Crippen molar-refractivity contribution in [1.82, 2.24) is 4.98 Å². The van der Waals surface area contributed by atoms with E-state index in [1.807, 2.05) is 48.5 Å². The summed E-state index contributed by atoms with van der Waals surface area (Å²) in [6.45, 7) is 0. The summed E-state index contributed by atoms with van der Waals surface area (Å²) in [6.07, 6.45) is 0. The van der Waals surface area contributed by atoms with Crippen molar-refractivity contribution in [1.29, 1.82) is 0 Å². The highest BCUT2D eigenvalue weighted by molar-refractivity contribution is 6.31. The largest absolute Gasteiger partial charge is 0.456 e. The Kier molecular flexibility index (Phi) is 4.66. The first kappa shape index (κ1) is 23.5. The molecule has 0 fully saturated rings. The minimum absolute atomic E-state index is 0.581. The molecule has 0 radical (unpaired) electrons. The van der Waals surface area contributed by atoms with E-state index in [1.165, 1.54) is 0 Å². The van der Waals surface area contributed by atoms with Crippen molar-refractivity contribution in [3.8, 4) is 11.5 Å². The molecule has 7 aromatic carbocycles. The predicted octanol–water partition coefficient (Wildman–Crippen LogP) is 11.4. The van der Waals surface area contributed by atoms with Crippen molar-refractivity contribution in [3.63, 3.8) is 0 Å². The van der Waals surface area contributed by atoms with Crippen LogP contribution in [0.15, 0.2) is 147 Å². The maximum atomic E-state index is 6.60. The Morgan fingerprint density at radius 1 is 0.432 bits per heavy atom. The van der Waals surface area contributed by atoms with E-state index in [-0.39, 0.29) is 0 Å². The van der Waals surface area contributed by atoms with Crippen LogP contribution in [-0.4, -0.2) is 4.98 Å². The molecule has 0 bridgehead atoms. The molecule has 0 N–H and O–H groups in total. The third-order valence-electron chi connectivity index (χ3n) is 8.63. The first-order valence-electron chi connectivity index (χ1n) is 14.6. The van der Waals surface area contributed by atoms with Gasteiger partial charge in [0.15, 0.2) is 5.58 Å². The van der Waals surface area contributed by atoms with E-state index in [9.17, 15) is 0 Å². The lowest BCUT2D eigenvalue weighted by molar-refractivity contribution is 0.623. The fourth-order valence-corrected chi connectivity index (χ4v) is 6.72. The minimum atomic E-state index is 0.581. The van der Waals surface area contributed by atoms with Crippen molar-refractivity contribution in [2.45, 2.75) is 0 Å². The van der Waals surface area contributed by atoms with Crippen LogP contribution in [0.1, 0.15) is 0 Å². The zero-order chi connectivity index (χ0) is 28.8. The van der Waals surface area contributed by atoms with Crippen LogP contribution in [0.2, 0.25) is 0 Å². The summed E-state index contributed by atoms with van der Waals surface area (Å²) in [5.41, 5.74) is 9.07. The second kappa shape index (κ2) is 8.72. The van der Waals surface area contributed by atoms with Gasteiger partial charge in [0.1, 0.15) is 27.8 Å². The van der Waals surface area contributed by atoms with Gasteiger partial charge in [-0.15, -0.1) is 0 Å². The summed E-state index contributed by atoms with van der Waals surface area (Å²) in [5, 5.41) is 6.40. The van der Waals surface area contributed by atoms with Crippen molar-refractivity contribution in [3.05, 3.63) is 133 Å². The quantitative estimate of drug-likeness (QED) is 0.198. The highest BCUT2D eigenvalue weighted by Gasteiger charge is 2.22. The van der Waals surface area contributed by atoms with Gasteiger partial charge in [-0.3, -0.25) is 0 Å². The number of aromatic nitrogens is 1. The molecule has 0 aliphatic rings. The molecule has 3 heterocycles. The number of furan rings is 2. The molecule has 5 heteroatoms. The van der Waals surface area contributed by atoms with E-state index in [2.05, 4.69) is 89.8 Å². The molecule has 0 saturated carbocycles. The number of benzene rings is 7. The van der Waals surface area contributed by atoms with Gasteiger partial charge in [-0.05, 0) is 66.7 Å². The van der Waals surface area contributed by atoms with E-state index < -0.39 is 0 Å². The molecule has 0 aliphatic carbocycles. The zero-order valence-corrected chi connectivity index (χ0v) is 23.3. The van der Waals surface area contributed by atoms with Crippen LogP contribution in [0.25, 0.3) is 77.2 Å². The first-order valence-corrected chi connectivity index (χ1v) is 14.6. The molecule has 0 saturated heterocycles. The lowest BCUT2D eigenvalue weighted by Crippen LogP contribution is -2.09. The Balaban J connectivity index is 1.17. The number of hydrogen-bond acceptors (Lipinski definition) is 5. The molecular weight excluding hydrogens is 544 g/mol. The molecule has 3 aromatic heterocycles. The Labute approximate surface area is 250 Å². The van der Waals surface area contributed by atoms with Crippen LogP contribution in [0, 0.1) is 0 Å². The predicted molar refractivity (Wildman–Crippen MR) is 177 cm³/mol. The van der Waals surface area contributed by atoms with E-state index in [1.54, 1.807) is 0 Å². The summed E-state index contributed by atoms with van der Waals surface area (Å²) < 4.78 is 18.9. The number of fused-ring (bicyclic) bond motifs is 6. The lowest BCUT2D eigenvalue weighted by atomic mass is 10.0. The number of para-hydroxylation sites is 2. The number of rotatable bonds is 4. The van der Waals surface area contributed by atoms with Gasteiger partial charge in [-0.1, -0.05) is 66.7 Å². The molecule has 10 aromatic rings. The second-order valence-electron chi connectivity index (χ2n) is 11.2. The van der Waals surface area contributed by atoms with Gasteiger partial charge in [0.2, 0.25) is 5.89 Å². The van der Waals surface area contributed by atoms with Crippen LogP contribution < -0.4 is 4.90 Å². The summed E-state index contributed by atoms with van der Waals surface area (Å²) in [7, 11) is 0. The Hall–Kier alpha value is -6.07. The summed E-state index contributed by atoms with van der Waals surface area (Å²) in [6, 6.07) is 45.6. The highest BCUT2D eigenvalue weighted by atomic mass is 16.4. The van der Waals surface area contributed by atoms with Gasteiger partial charge >= 0.3 is 0 Å². The molecule has 44 heavy (non-hydrogen) atoms. The Morgan fingerprint density at radius 2 is 1.07 bits per heavy atom. The number of oxazole rings is 1. The average molecular weight is 567 g/mol. The monoisotopic (exact) mass is 566 g/mol. The van der Waals surface area contributed by atoms with Crippen molar-refractivity contribution in [2.24, 2.45) is 0 Å². The maximum absolute atomic E-state index is 6.60. The number of nitrogens with zero attached hydrogens (tertiary/aromatic N) is 2. The van der Waals surface area contributed by atoms with Gasteiger partial charge in [0.25, 0.3) is 0 Å². The zero-order valence-electron chi connectivity index (χ0n) is 23.3. The van der Waals surface area contributed by atoms with Gasteiger partial charge in [0.05, 0.1) is 0 Å². The van der Waals surface area contributed by atoms with Crippen LogP contribution in [-0.2, 0) is 0 Å². The van der Waals surface area contributed by atoms with E-state index in [0.29, 0.717) is 5.89 Å². The molecule has 0 unspecified atom stereocenters. The van der Waals surface area contributed by atoms with Gasteiger partial charge in [-0.25, -0.2) is 4.98 Å². The van der Waals surface area contributed by atoms with E-state index in [4.69, 9.17) is 18.2 Å². The summed E-state index contributed by atoms with van der Waals surface area (Å²) >= 11 is 0. The molecule has 10 rings (SSSR count). The second-order valence-corrected chi connectivity index (χ2v) is 11.2. The fraction of sp³-hybridized carbons (Fsp3) is 0. The fourth-order valence-electron chi connectivity index (χ4n) is 6.72. The maximum Gasteiger partial charge on any atom is 0.227 e. The lowest BCUT2D eigenvalue weighted by Gasteiger charge is -2.25. The highest BCUT2D eigenvalue weighted by Crippen LogP contribution is 2.44. The summed E-state index contributed by atoms with van der Waals surface area (Å²) in [4.78, 5) is 7.34. The molecule has 5 nitrogen and oxygen atoms in total. The molecule has 206 valence electrons. The number of hydrogen-bond donors (Lipinski definition) is 0. The van der Waals surface area contributed by atoms with E-state index in [0.717, 1.165) is 88.4 Å². The third kappa shape index (κ3) is 3.26. The van der Waals surface area contributed by atoms with Crippen molar-refractivity contribution >= 4 is 82.8 Å². The number of anilines is 3. The minimum Gasteiger partial charge on any atom is -0.456 e. The standard InChI is InChI=1S/C39H22N2O3/c1-2-10-24(11-3-1)41(26-19-20-32-30(22-26)27-13-4-5-16-31(27)42-32)25-12-6-9-23(21-25)39-40-37-28-14-7-17-33-35(28)36-29(38(37)44-39)15-8-18-34(36)43-33/h1-22H. The summed E-state index contributed by atoms with van der Waals surface area (Å²) in [5.74, 6) is 0.581. The normalized spacial score (nSPS) is 12.1. The van der Waals surface area contributed by atoms with Gasteiger partial charge < -0.3 is 18.2 Å². The van der Waals surface area contributed by atoms with Crippen LogP contribution >= 0.6 is 0 Å². The molecule has 0 atom stereocenters. The smallest absolute Gasteiger partial charge is 0.227 e. The van der Waals surface area contributed by atoms with Crippen LogP contribution in [0.4, 0.5) is 17.1 Å². The topological polar surface area (TPSA) is 55.6 Å². The van der Waals surface area contributed by atoms with Gasteiger partial charge in [0, 0.05) is 54.9 Å². The third-order valence-corrected chi connectivity index (χ3v) is 8.63. The Morgan fingerprint density at radius 3 is 1.95 bits per heavy atom. The van der Waals surface area contributed by atoms with E-state index >= 15 is 0 Å². The molecule has 0 amide bonds. The molecular formula is C39H22N2O3. The Bertz CT molecular complexity index is 2600. The van der Waals surface area contributed by atoms with Crippen LogP contribution in [0.3, 0.4) is 0 Å². The van der Waals surface area contributed by atoms with Crippen LogP contribution in [0.5, 0.6) is 0 Å². The average Bonchev–Trinajstić information content (AvgIpc) is 3.79. The molecule has 0 aliphatic heterocycles. The van der Waals surface area contributed by atoms with Crippen molar-refractivity contribution in [2.75, 3.05) is 4.90 Å².